The Morgan fingerprint density at radius 3 is 2.78 bits per heavy atom. The Labute approximate surface area is 156 Å². The van der Waals surface area contributed by atoms with E-state index >= 15 is 0 Å². The van der Waals surface area contributed by atoms with Gasteiger partial charge in [-0.2, -0.15) is 0 Å². The van der Waals surface area contributed by atoms with E-state index in [-0.39, 0.29) is 23.2 Å². The maximum Gasteiger partial charge on any atom is 0.145 e. The highest BCUT2D eigenvalue weighted by atomic mass is 79.9. The predicted molar refractivity (Wildman–Crippen MR) is 97.3 cm³/mol. The normalized spacial score (nSPS) is 49.6. The molecule has 4 bridgehead atoms. The van der Waals surface area contributed by atoms with Gasteiger partial charge in [-0.1, -0.05) is 31.9 Å². The third-order valence-corrected chi connectivity index (χ3v) is 10.4. The number of carbonyl (C=O) groups is 2. The highest BCUT2D eigenvalue weighted by Crippen LogP contribution is 2.75. The van der Waals surface area contributed by atoms with Gasteiger partial charge in [0.25, 0.3) is 0 Å². The minimum absolute atomic E-state index is 0.0511. The Balaban J connectivity index is 1.60. The number of aryl methyl sites for hydroxylation is 1. The lowest BCUT2D eigenvalue weighted by Gasteiger charge is -2.41. The molecule has 122 valence electrons. The van der Waals surface area contributed by atoms with Gasteiger partial charge < -0.3 is 0 Å². The Morgan fingerprint density at radius 2 is 2.13 bits per heavy atom. The van der Waals surface area contributed by atoms with Crippen LogP contribution in [-0.4, -0.2) is 21.7 Å². The van der Waals surface area contributed by atoms with Crippen LogP contribution in [0, 0.1) is 47.8 Å². The molecule has 0 spiro atoms. The van der Waals surface area contributed by atoms with Gasteiger partial charge in [-0.15, -0.1) is 11.3 Å². The van der Waals surface area contributed by atoms with E-state index in [1.165, 1.54) is 9.75 Å². The van der Waals surface area contributed by atoms with E-state index in [1.807, 2.05) is 0 Å². The molecular formula is C18H18Br2O2S. The average Bonchev–Trinajstić information content (AvgIpc) is 3.18. The first-order chi connectivity index (χ1) is 11.0. The molecule has 4 fully saturated rings. The summed E-state index contributed by atoms with van der Waals surface area (Å²) in [6.45, 7) is 2.10. The molecule has 0 amide bonds. The van der Waals surface area contributed by atoms with Crippen molar-refractivity contribution in [2.45, 2.75) is 24.6 Å². The molecule has 4 aliphatic carbocycles. The molecule has 0 N–H and O–H groups in total. The Morgan fingerprint density at radius 1 is 1.35 bits per heavy atom. The van der Waals surface area contributed by atoms with E-state index in [0.717, 1.165) is 12.8 Å². The first kappa shape index (κ1) is 15.3. The van der Waals surface area contributed by atoms with Crippen molar-refractivity contribution in [3.63, 3.8) is 0 Å². The van der Waals surface area contributed by atoms with Gasteiger partial charge in [0.05, 0.1) is 5.41 Å². The van der Waals surface area contributed by atoms with E-state index in [4.69, 9.17) is 0 Å². The van der Waals surface area contributed by atoms with Crippen LogP contribution in [0.5, 0.6) is 0 Å². The summed E-state index contributed by atoms with van der Waals surface area (Å²) in [5.41, 5.74) is -0.372. The molecule has 2 nitrogen and oxygen atoms in total. The van der Waals surface area contributed by atoms with Gasteiger partial charge >= 0.3 is 0 Å². The molecule has 0 radical (unpaired) electrons. The predicted octanol–water partition coefficient (Wildman–Crippen LogP) is 4.02. The maximum atomic E-state index is 13.4. The number of halogens is 2. The molecule has 4 aliphatic rings. The summed E-state index contributed by atoms with van der Waals surface area (Å²) in [7, 11) is 0. The van der Waals surface area contributed by atoms with Crippen LogP contribution in [0.3, 0.4) is 0 Å². The van der Waals surface area contributed by atoms with Crippen molar-refractivity contribution in [1.82, 2.24) is 0 Å². The summed E-state index contributed by atoms with van der Waals surface area (Å²) in [6, 6.07) is 4.25. The van der Waals surface area contributed by atoms with Crippen LogP contribution in [0.15, 0.2) is 12.1 Å². The highest BCUT2D eigenvalue weighted by Gasteiger charge is 2.80. The lowest BCUT2D eigenvalue weighted by Crippen LogP contribution is -2.52. The average molecular weight is 458 g/mol. The Hall–Kier alpha value is -0.000000000000000194. The van der Waals surface area contributed by atoms with Crippen LogP contribution in [0.4, 0.5) is 0 Å². The van der Waals surface area contributed by atoms with Crippen molar-refractivity contribution >= 4 is 54.8 Å². The van der Waals surface area contributed by atoms with E-state index in [2.05, 4.69) is 50.9 Å². The number of carbonyl (C=O) groups excluding carboxylic acids is 2. The van der Waals surface area contributed by atoms with Crippen LogP contribution in [0.25, 0.3) is 0 Å². The van der Waals surface area contributed by atoms with Crippen LogP contribution in [-0.2, 0) is 16.0 Å². The van der Waals surface area contributed by atoms with Crippen LogP contribution >= 0.6 is 43.2 Å². The fourth-order valence-corrected chi connectivity index (χ4v) is 9.66. The molecular weight excluding hydrogens is 440 g/mol. The number of ketones is 2. The highest BCUT2D eigenvalue weighted by molar-refractivity contribution is 9.09. The van der Waals surface area contributed by atoms with Gasteiger partial charge in [0.15, 0.2) is 0 Å². The number of hydrogen-bond acceptors (Lipinski definition) is 3. The molecule has 5 rings (SSSR count). The van der Waals surface area contributed by atoms with E-state index in [0.29, 0.717) is 39.5 Å². The monoisotopic (exact) mass is 456 g/mol. The SMILES string of the molecule is Cc1ccc(C[C@@H]2C(=O)[C@@H]3[C@H]4C[C@@H]5[C@@H](C2C(=O)[C@@]53CBr)[C@@H]4Br)s1. The molecule has 8 atom stereocenters. The van der Waals surface area contributed by atoms with Crippen molar-refractivity contribution in [1.29, 1.82) is 0 Å². The molecule has 1 aromatic heterocycles. The second-order valence-electron chi connectivity index (χ2n) is 7.79. The van der Waals surface area contributed by atoms with Crippen LogP contribution in [0.2, 0.25) is 0 Å². The van der Waals surface area contributed by atoms with Gasteiger partial charge in [0.2, 0.25) is 0 Å². The minimum atomic E-state index is -0.372. The molecule has 4 saturated carbocycles. The standard InChI is InChI=1S/C18H18Br2O2S/c1-7-2-3-8(23-7)4-9-12-13-11-5-10(15(13)20)14(16(9)21)18(11,6-19)17(12)22/h2-3,9-15H,4-6H2,1H3/t9-,10+,11+,12?,13-,14-,15+,18-/m0/s1. The fraction of sp³-hybridized carbons (Fsp3) is 0.667. The zero-order valence-corrected chi connectivity index (χ0v) is 16.8. The summed E-state index contributed by atoms with van der Waals surface area (Å²) >= 11 is 9.26. The Bertz CT molecular complexity index is 728. The maximum absolute atomic E-state index is 13.4. The van der Waals surface area contributed by atoms with E-state index in [9.17, 15) is 9.59 Å². The molecule has 5 heteroatoms. The molecule has 1 unspecified atom stereocenters. The van der Waals surface area contributed by atoms with Gasteiger partial charge in [-0.3, -0.25) is 9.59 Å². The van der Waals surface area contributed by atoms with Gasteiger partial charge in [-0.25, -0.2) is 0 Å². The first-order valence-corrected chi connectivity index (χ1v) is 11.2. The fourth-order valence-electron chi connectivity index (χ4n) is 6.45. The number of rotatable bonds is 3. The van der Waals surface area contributed by atoms with Crippen molar-refractivity contribution in [2.75, 3.05) is 5.33 Å². The summed E-state index contributed by atoms with van der Waals surface area (Å²) in [5, 5.41) is 0.675. The number of fused-ring (bicyclic) bond motifs is 4. The third kappa shape index (κ3) is 1.61. The van der Waals surface area contributed by atoms with Crippen molar-refractivity contribution in [2.24, 2.45) is 40.9 Å². The van der Waals surface area contributed by atoms with Crippen molar-refractivity contribution < 1.29 is 9.59 Å². The number of alkyl halides is 2. The van der Waals surface area contributed by atoms with E-state index in [1.54, 1.807) is 11.3 Å². The molecule has 1 heterocycles. The van der Waals surface area contributed by atoms with Gasteiger partial charge in [-0.05, 0) is 49.7 Å². The zero-order chi connectivity index (χ0) is 16.1. The number of Topliss-reactive ketones (excluding diaryl/α,β-unsaturated/α-hetero) is 2. The molecule has 0 aliphatic heterocycles. The topological polar surface area (TPSA) is 34.1 Å². The quantitative estimate of drug-likeness (QED) is 0.642. The van der Waals surface area contributed by atoms with Gasteiger partial charge in [0.1, 0.15) is 11.6 Å². The van der Waals surface area contributed by atoms with Crippen LogP contribution < -0.4 is 0 Å². The minimum Gasteiger partial charge on any atom is -0.299 e. The van der Waals surface area contributed by atoms with Crippen molar-refractivity contribution in [3.8, 4) is 0 Å². The van der Waals surface area contributed by atoms with Crippen molar-refractivity contribution in [3.05, 3.63) is 21.9 Å². The number of thiophene rings is 1. The molecule has 1 aromatic rings. The van der Waals surface area contributed by atoms with E-state index < -0.39 is 0 Å². The summed E-state index contributed by atoms with van der Waals surface area (Å²) in [5.74, 6) is 1.76. The lowest BCUT2D eigenvalue weighted by molar-refractivity contribution is -0.148. The Kier molecular flexibility index (Phi) is 3.18. The summed E-state index contributed by atoms with van der Waals surface area (Å²) < 4.78 is 0. The second kappa shape index (κ2) is 4.79. The largest absolute Gasteiger partial charge is 0.299 e. The van der Waals surface area contributed by atoms with Crippen LogP contribution in [0.1, 0.15) is 16.2 Å². The second-order valence-corrected chi connectivity index (χ2v) is 10.8. The van der Waals surface area contributed by atoms with Gasteiger partial charge in [0, 0.05) is 37.7 Å². The summed E-state index contributed by atoms with van der Waals surface area (Å²) in [4.78, 5) is 29.6. The molecule has 23 heavy (non-hydrogen) atoms. The first-order valence-electron chi connectivity index (χ1n) is 8.34. The zero-order valence-electron chi connectivity index (χ0n) is 12.8. The number of hydrogen-bond donors (Lipinski definition) is 0. The summed E-state index contributed by atoms with van der Waals surface area (Å²) in [6.07, 6.45) is 1.83. The smallest absolute Gasteiger partial charge is 0.145 e. The lowest BCUT2D eigenvalue weighted by atomic mass is 9.62. The molecule has 0 aromatic carbocycles. The third-order valence-electron chi connectivity index (χ3n) is 7.13. The molecule has 0 saturated heterocycles.